The van der Waals surface area contributed by atoms with E-state index in [1.54, 1.807) is 36.4 Å². The average Bonchev–Trinajstić information content (AvgIpc) is 2.80. The topological polar surface area (TPSA) is 45.8 Å². The van der Waals surface area contributed by atoms with Crippen molar-refractivity contribution in [1.82, 2.24) is 4.57 Å². The summed E-state index contributed by atoms with van der Waals surface area (Å²) in [6.45, 7) is 8.16. The lowest BCUT2D eigenvalue weighted by atomic mass is 10.0. The highest BCUT2D eigenvalue weighted by Crippen LogP contribution is 2.21. The maximum absolute atomic E-state index is 12.7. The van der Waals surface area contributed by atoms with Crippen LogP contribution in [0.25, 0.3) is 6.08 Å². The van der Waals surface area contributed by atoms with Crippen LogP contribution in [-0.2, 0) is 6.54 Å². The molecule has 0 saturated heterocycles. The van der Waals surface area contributed by atoms with Crippen LogP contribution in [0.2, 0.25) is 5.02 Å². The molecule has 0 unspecified atom stereocenters. The first kappa shape index (κ1) is 16.8. The van der Waals surface area contributed by atoms with Crippen LogP contribution in [-0.4, -0.2) is 10.4 Å². The first-order valence-electron chi connectivity index (χ1n) is 7.17. The van der Waals surface area contributed by atoms with Gasteiger partial charge in [-0.2, -0.15) is 5.26 Å². The molecule has 0 fully saturated rings. The number of carbonyl (C=O) groups excluding carboxylic acids is 1. The summed E-state index contributed by atoms with van der Waals surface area (Å²) in [5, 5.41) is 9.93. The molecule has 1 heterocycles. The van der Waals surface area contributed by atoms with Gasteiger partial charge in [0.05, 0.1) is 0 Å². The van der Waals surface area contributed by atoms with E-state index in [1.807, 2.05) is 30.6 Å². The van der Waals surface area contributed by atoms with E-state index in [-0.39, 0.29) is 11.4 Å². The molecule has 1 aromatic heterocycles. The third-order valence-electron chi connectivity index (χ3n) is 3.65. The largest absolute Gasteiger partial charge is 0.345 e. The van der Waals surface area contributed by atoms with Gasteiger partial charge in [0.15, 0.2) is 0 Å². The first-order valence-corrected chi connectivity index (χ1v) is 7.55. The van der Waals surface area contributed by atoms with Crippen molar-refractivity contribution in [3.05, 3.63) is 76.1 Å². The fourth-order valence-corrected chi connectivity index (χ4v) is 2.70. The predicted molar refractivity (Wildman–Crippen MR) is 93.5 cm³/mol. The van der Waals surface area contributed by atoms with Crippen LogP contribution in [0.1, 0.15) is 27.3 Å². The fraction of sp³-hybridized carbons (Fsp3) is 0.158. The zero-order valence-corrected chi connectivity index (χ0v) is 13.9. The van der Waals surface area contributed by atoms with Gasteiger partial charge in [-0.05, 0) is 43.7 Å². The Balaban J connectivity index is 2.44. The van der Waals surface area contributed by atoms with Crippen molar-refractivity contribution in [3.63, 3.8) is 0 Å². The Hall–Kier alpha value is -2.57. The van der Waals surface area contributed by atoms with E-state index in [0.717, 1.165) is 17.0 Å². The lowest BCUT2D eigenvalue weighted by Crippen LogP contribution is -2.05. The molecule has 0 spiro atoms. The lowest BCUT2D eigenvalue weighted by molar-refractivity contribution is 0.103. The molecule has 116 valence electrons. The highest BCUT2D eigenvalue weighted by atomic mass is 35.5. The quantitative estimate of drug-likeness (QED) is 0.345. The Morgan fingerprint density at radius 3 is 2.74 bits per heavy atom. The summed E-state index contributed by atoms with van der Waals surface area (Å²) >= 11 is 5.94. The van der Waals surface area contributed by atoms with Crippen LogP contribution in [0.3, 0.4) is 0 Å². The molecule has 0 saturated carbocycles. The number of hydrogen-bond acceptors (Lipinski definition) is 2. The number of nitrogens with zero attached hydrogens (tertiary/aromatic N) is 2. The van der Waals surface area contributed by atoms with E-state index in [4.69, 9.17) is 11.6 Å². The van der Waals surface area contributed by atoms with Gasteiger partial charge in [-0.1, -0.05) is 29.8 Å². The number of benzene rings is 1. The van der Waals surface area contributed by atoms with Crippen LogP contribution < -0.4 is 0 Å². The van der Waals surface area contributed by atoms with Gasteiger partial charge >= 0.3 is 0 Å². The molecule has 4 heteroatoms. The van der Waals surface area contributed by atoms with Gasteiger partial charge in [-0.25, -0.2) is 0 Å². The van der Waals surface area contributed by atoms with Crippen molar-refractivity contribution in [2.24, 2.45) is 0 Å². The molecule has 0 atom stereocenters. The van der Waals surface area contributed by atoms with Crippen molar-refractivity contribution in [1.29, 1.82) is 5.26 Å². The maximum atomic E-state index is 12.7. The molecule has 0 amide bonds. The minimum absolute atomic E-state index is 0.0890. The minimum Gasteiger partial charge on any atom is -0.345 e. The number of Topliss-reactive ketones (excluding diaryl/α,β-unsaturated/α-hetero) is 1. The van der Waals surface area contributed by atoms with E-state index in [9.17, 15) is 10.1 Å². The van der Waals surface area contributed by atoms with E-state index < -0.39 is 0 Å². The SMILES string of the molecule is C=CCn1c(C)cc(C(=O)/C(C#N)=C/c2cccc(Cl)c2)c1C. The number of hydrogen-bond donors (Lipinski definition) is 0. The predicted octanol–water partition coefficient (Wildman–Crippen LogP) is 4.73. The molecule has 2 rings (SSSR count). The summed E-state index contributed by atoms with van der Waals surface area (Å²) in [5.41, 5.74) is 3.15. The van der Waals surface area contributed by atoms with Gasteiger partial charge in [-0.15, -0.1) is 6.58 Å². The Labute approximate surface area is 141 Å². The molecular formula is C19H17ClN2O. The van der Waals surface area contributed by atoms with Gasteiger partial charge in [0.2, 0.25) is 5.78 Å². The van der Waals surface area contributed by atoms with Gasteiger partial charge in [0, 0.05) is 28.5 Å². The van der Waals surface area contributed by atoms with Crippen molar-refractivity contribution < 1.29 is 4.79 Å². The molecule has 2 aromatic rings. The number of ketones is 1. The second-order valence-electron chi connectivity index (χ2n) is 5.24. The zero-order valence-electron chi connectivity index (χ0n) is 13.1. The van der Waals surface area contributed by atoms with Crippen molar-refractivity contribution >= 4 is 23.5 Å². The molecular weight excluding hydrogens is 308 g/mol. The van der Waals surface area contributed by atoms with Crippen LogP contribution in [0, 0.1) is 25.2 Å². The van der Waals surface area contributed by atoms with E-state index in [0.29, 0.717) is 17.1 Å². The maximum Gasteiger partial charge on any atom is 0.205 e. The lowest BCUT2D eigenvalue weighted by Gasteiger charge is -2.06. The molecule has 0 aliphatic rings. The third kappa shape index (κ3) is 3.61. The molecule has 23 heavy (non-hydrogen) atoms. The highest BCUT2D eigenvalue weighted by Gasteiger charge is 2.18. The van der Waals surface area contributed by atoms with Crippen LogP contribution >= 0.6 is 11.6 Å². The number of aromatic nitrogens is 1. The Kier molecular flexibility index (Phi) is 5.20. The summed E-state index contributed by atoms with van der Waals surface area (Å²) in [7, 11) is 0. The average molecular weight is 325 g/mol. The Bertz CT molecular complexity index is 838. The minimum atomic E-state index is -0.282. The molecule has 0 aliphatic carbocycles. The fourth-order valence-electron chi connectivity index (χ4n) is 2.50. The molecule has 0 bridgehead atoms. The van der Waals surface area contributed by atoms with Crippen molar-refractivity contribution in [3.8, 4) is 6.07 Å². The van der Waals surface area contributed by atoms with Crippen molar-refractivity contribution in [2.75, 3.05) is 0 Å². The standard InChI is InChI=1S/C19H17ClN2O/c1-4-8-22-13(2)9-18(14(22)3)19(23)16(12-21)10-15-6-5-7-17(20)11-15/h4-7,9-11H,1,8H2,2-3H3/b16-10+. The first-order chi connectivity index (χ1) is 11.0. The summed E-state index contributed by atoms with van der Waals surface area (Å²) in [5.74, 6) is -0.282. The van der Waals surface area contributed by atoms with Crippen LogP contribution in [0.4, 0.5) is 0 Å². The number of allylic oxidation sites excluding steroid dienone is 2. The molecule has 0 aliphatic heterocycles. The van der Waals surface area contributed by atoms with Gasteiger partial charge in [0.1, 0.15) is 11.6 Å². The van der Waals surface area contributed by atoms with E-state index in [2.05, 4.69) is 6.58 Å². The number of aryl methyl sites for hydroxylation is 1. The summed E-state index contributed by atoms with van der Waals surface area (Å²) < 4.78 is 1.99. The van der Waals surface area contributed by atoms with Gasteiger partial charge in [-0.3, -0.25) is 4.79 Å². The highest BCUT2D eigenvalue weighted by molar-refractivity contribution is 6.30. The van der Waals surface area contributed by atoms with E-state index in [1.165, 1.54) is 0 Å². The number of rotatable bonds is 5. The summed E-state index contributed by atoms with van der Waals surface area (Å²) in [6, 6.07) is 10.9. The smallest absolute Gasteiger partial charge is 0.205 e. The Morgan fingerprint density at radius 1 is 1.39 bits per heavy atom. The van der Waals surface area contributed by atoms with Crippen LogP contribution in [0.5, 0.6) is 0 Å². The van der Waals surface area contributed by atoms with Gasteiger partial charge in [0.25, 0.3) is 0 Å². The third-order valence-corrected chi connectivity index (χ3v) is 3.89. The van der Waals surface area contributed by atoms with Crippen molar-refractivity contribution in [2.45, 2.75) is 20.4 Å². The molecule has 1 aromatic carbocycles. The summed E-state index contributed by atoms with van der Waals surface area (Å²) in [4.78, 5) is 12.7. The normalized spacial score (nSPS) is 11.1. The van der Waals surface area contributed by atoms with Gasteiger partial charge < -0.3 is 4.57 Å². The molecule has 3 nitrogen and oxygen atoms in total. The number of halogens is 1. The van der Waals surface area contributed by atoms with Crippen LogP contribution in [0.15, 0.2) is 48.6 Å². The second-order valence-corrected chi connectivity index (χ2v) is 5.67. The monoisotopic (exact) mass is 324 g/mol. The molecule has 0 N–H and O–H groups in total. The Morgan fingerprint density at radius 2 is 2.13 bits per heavy atom. The second kappa shape index (κ2) is 7.13. The number of nitriles is 1. The molecule has 0 radical (unpaired) electrons. The summed E-state index contributed by atoms with van der Waals surface area (Å²) in [6.07, 6.45) is 3.34. The zero-order chi connectivity index (χ0) is 17.0. The van der Waals surface area contributed by atoms with E-state index >= 15 is 0 Å². The number of carbonyl (C=O) groups is 1.